The summed E-state index contributed by atoms with van der Waals surface area (Å²) in [5.41, 5.74) is -0.355. The Morgan fingerprint density at radius 2 is 1.69 bits per heavy atom. The first kappa shape index (κ1) is 25.0. The van der Waals surface area contributed by atoms with Gasteiger partial charge in [0.05, 0.1) is 22.8 Å². The second kappa shape index (κ2) is 10.4. The average Bonchev–Trinajstić information content (AvgIpc) is 2.72. The summed E-state index contributed by atoms with van der Waals surface area (Å²) in [4.78, 5) is 24.1. The zero-order valence-corrected chi connectivity index (χ0v) is 17.9. The molecule has 2 N–H and O–H groups in total. The van der Waals surface area contributed by atoms with E-state index in [2.05, 4.69) is 4.72 Å². The van der Waals surface area contributed by atoms with Crippen molar-refractivity contribution in [2.24, 2.45) is 0 Å². The second-order valence-corrected chi connectivity index (χ2v) is 8.12. The molecule has 1 atom stereocenters. The van der Waals surface area contributed by atoms with Crippen molar-refractivity contribution < 1.29 is 40.7 Å². The summed E-state index contributed by atoms with van der Waals surface area (Å²) in [5, 5.41) is 1.60. The number of halogens is 3. The first-order valence-electron chi connectivity index (χ1n) is 9.33. The third-order valence-electron chi connectivity index (χ3n) is 3.95. The molecular formula is C20H21F3N2O6S. The fraction of sp³-hybridized carbons (Fsp3) is 0.300. The van der Waals surface area contributed by atoms with Gasteiger partial charge < -0.3 is 14.8 Å². The first-order valence-corrected chi connectivity index (χ1v) is 10.8. The first-order chi connectivity index (χ1) is 14.9. The number of nitrogens with one attached hydrogen (secondary N) is 2. The number of ether oxygens (including phenoxy) is 2. The maximum Gasteiger partial charge on any atom is 0.405 e. The van der Waals surface area contributed by atoms with E-state index >= 15 is 0 Å². The Hall–Kier alpha value is -3.28. The minimum atomic E-state index is -4.62. The molecule has 0 spiro atoms. The van der Waals surface area contributed by atoms with E-state index < -0.39 is 40.7 Å². The molecule has 0 radical (unpaired) electrons. The third kappa shape index (κ3) is 7.15. The summed E-state index contributed by atoms with van der Waals surface area (Å²) in [5.74, 6) is -1.76. The highest BCUT2D eigenvalue weighted by Gasteiger charge is 2.30. The Kier molecular flexibility index (Phi) is 8.08. The van der Waals surface area contributed by atoms with E-state index in [9.17, 15) is 31.2 Å². The number of amides is 1. The number of carbonyl (C=O) groups is 2. The van der Waals surface area contributed by atoms with Gasteiger partial charge in [0.25, 0.3) is 15.9 Å². The molecule has 0 heterocycles. The van der Waals surface area contributed by atoms with Crippen LogP contribution in [0.1, 0.15) is 24.2 Å². The Morgan fingerprint density at radius 1 is 1.06 bits per heavy atom. The minimum Gasteiger partial charge on any atom is -0.494 e. The van der Waals surface area contributed by atoms with Crippen LogP contribution in [0.3, 0.4) is 0 Å². The van der Waals surface area contributed by atoms with Crippen molar-refractivity contribution >= 4 is 27.6 Å². The van der Waals surface area contributed by atoms with Crippen LogP contribution in [-0.2, 0) is 19.6 Å². The highest BCUT2D eigenvalue weighted by molar-refractivity contribution is 7.92. The predicted molar refractivity (Wildman–Crippen MR) is 109 cm³/mol. The maximum atomic E-state index is 12.7. The normalized spacial score (nSPS) is 12.5. The van der Waals surface area contributed by atoms with Gasteiger partial charge in [-0.15, -0.1) is 0 Å². The van der Waals surface area contributed by atoms with Gasteiger partial charge in [0.1, 0.15) is 12.3 Å². The number of para-hydroxylation sites is 1. The maximum absolute atomic E-state index is 12.7. The Balaban J connectivity index is 2.14. The van der Waals surface area contributed by atoms with Crippen molar-refractivity contribution in [3.8, 4) is 5.75 Å². The molecule has 0 bridgehead atoms. The van der Waals surface area contributed by atoms with Crippen LogP contribution in [0.15, 0.2) is 53.4 Å². The van der Waals surface area contributed by atoms with Gasteiger partial charge in [-0.1, -0.05) is 12.1 Å². The van der Waals surface area contributed by atoms with Gasteiger partial charge in [-0.05, 0) is 50.2 Å². The number of alkyl halides is 3. The van der Waals surface area contributed by atoms with Gasteiger partial charge in [-0.25, -0.2) is 13.2 Å². The molecule has 0 aliphatic carbocycles. The molecule has 0 aromatic heterocycles. The van der Waals surface area contributed by atoms with Crippen molar-refractivity contribution in [3.05, 3.63) is 54.1 Å². The lowest BCUT2D eigenvalue weighted by molar-refractivity contribution is -0.143. The lowest BCUT2D eigenvalue weighted by atomic mass is 10.2. The van der Waals surface area contributed by atoms with Crippen LogP contribution in [-0.4, -0.2) is 45.7 Å². The predicted octanol–water partition coefficient (Wildman–Crippen LogP) is 3.11. The topological polar surface area (TPSA) is 111 Å². The summed E-state index contributed by atoms with van der Waals surface area (Å²) in [7, 11) is -4.09. The largest absolute Gasteiger partial charge is 0.494 e. The van der Waals surface area contributed by atoms with Crippen molar-refractivity contribution in [2.75, 3.05) is 17.9 Å². The molecule has 2 rings (SSSR count). The number of hydrogen-bond acceptors (Lipinski definition) is 6. The lowest BCUT2D eigenvalue weighted by Gasteiger charge is -2.16. The van der Waals surface area contributed by atoms with Crippen LogP contribution in [0.2, 0.25) is 0 Å². The quantitative estimate of drug-likeness (QED) is 0.541. The average molecular weight is 474 g/mol. The molecule has 2 aromatic carbocycles. The lowest BCUT2D eigenvalue weighted by Crippen LogP contribution is -2.40. The van der Waals surface area contributed by atoms with E-state index in [1.807, 2.05) is 0 Å². The molecule has 32 heavy (non-hydrogen) atoms. The number of carbonyl (C=O) groups excluding carboxylic acids is 2. The fourth-order valence-electron chi connectivity index (χ4n) is 2.44. The second-order valence-electron chi connectivity index (χ2n) is 6.44. The third-order valence-corrected chi connectivity index (χ3v) is 5.33. The van der Waals surface area contributed by atoms with Crippen molar-refractivity contribution in [2.45, 2.75) is 31.0 Å². The van der Waals surface area contributed by atoms with E-state index in [0.29, 0.717) is 12.4 Å². The number of anilines is 1. The van der Waals surface area contributed by atoms with Crippen molar-refractivity contribution in [1.82, 2.24) is 5.32 Å². The van der Waals surface area contributed by atoms with Gasteiger partial charge in [-0.2, -0.15) is 13.2 Å². The van der Waals surface area contributed by atoms with E-state index in [1.54, 1.807) is 12.2 Å². The molecule has 0 fully saturated rings. The smallest absolute Gasteiger partial charge is 0.405 e. The SMILES string of the molecule is CCOc1ccc(S(=O)(=O)Nc2ccccc2C(=O)OC(C)C(=O)NCC(F)(F)F)cc1. The van der Waals surface area contributed by atoms with Gasteiger partial charge in [0, 0.05) is 0 Å². The van der Waals surface area contributed by atoms with Gasteiger partial charge >= 0.3 is 12.1 Å². The Labute approximate surface area is 182 Å². The molecule has 2 aromatic rings. The number of esters is 1. The highest BCUT2D eigenvalue weighted by atomic mass is 32.2. The van der Waals surface area contributed by atoms with Crippen LogP contribution < -0.4 is 14.8 Å². The standard InChI is InChI=1S/C20H21F3N2O6S/c1-3-30-14-8-10-15(11-9-14)32(28,29)25-17-7-5-4-6-16(17)19(27)31-13(2)18(26)24-12-20(21,22)23/h4-11,13,25H,3,12H2,1-2H3,(H,24,26). The molecule has 8 nitrogen and oxygen atoms in total. The van der Waals surface area contributed by atoms with E-state index in [4.69, 9.17) is 9.47 Å². The van der Waals surface area contributed by atoms with Crippen LogP contribution in [0.5, 0.6) is 5.75 Å². The zero-order valence-electron chi connectivity index (χ0n) is 17.1. The summed E-state index contributed by atoms with van der Waals surface area (Å²) >= 11 is 0. The molecular weight excluding hydrogens is 453 g/mol. The Bertz CT molecular complexity index is 1060. The summed E-state index contributed by atoms with van der Waals surface area (Å²) < 4.78 is 74.5. The number of rotatable bonds is 9. The monoisotopic (exact) mass is 474 g/mol. The molecule has 1 amide bonds. The van der Waals surface area contributed by atoms with E-state index in [-0.39, 0.29) is 16.1 Å². The van der Waals surface area contributed by atoms with Gasteiger partial charge in [-0.3, -0.25) is 9.52 Å². The highest BCUT2D eigenvalue weighted by Crippen LogP contribution is 2.23. The molecule has 0 saturated heterocycles. The summed E-state index contributed by atoms with van der Waals surface area (Å²) in [6.07, 6.45) is -6.16. The van der Waals surface area contributed by atoms with Crippen molar-refractivity contribution in [3.63, 3.8) is 0 Å². The van der Waals surface area contributed by atoms with Crippen LogP contribution in [0.25, 0.3) is 0 Å². The minimum absolute atomic E-state index is 0.0935. The molecule has 1 unspecified atom stereocenters. The van der Waals surface area contributed by atoms with Crippen molar-refractivity contribution in [1.29, 1.82) is 0 Å². The molecule has 0 saturated carbocycles. The molecule has 174 valence electrons. The molecule has 12 heteroatoms. The molecule has 0 aliphatic rings. The van der Waals surface area contributed by atoms with Crippen LogP contribution in [0.4, 0.5) is 18.9 Å². The van der Waals surface area contributed by atoms with E-state index in [0.717, 1.165) is 6.92 Å². The fourth-order valence-corrected chi connectivity index (χ4v) is 3.52. The molecule has 0 aliphatic heterocycles. The zero-order chi connectivity index (χ0) is 23.9. The van der Waals surface area contributed by atoms with Gasteiger partial charge in [0.2, 0.25) is 0 Å². The van der Waals surface area contributed by atoms with E-state index in [1.165, 1.54) is 48.5 Å². The number of sulfonamides is 1. The summed E-state index contributed by atoms with van der Waals surface area (Å²) in [6.45, 7) is 1.71. The summed E-state index contributed by atoms with van der Waals surface area (Å²) in [6, 6.07) is 11.0. The van der Waals surface area contributed by atoms with Crippen LogP contribution in [0, 0.1) is 0 Å². The van der Waals surface area contributed by atoms with Crippen LogP contribution >= 0.6 is 0 Å². The number of hydrogen-bond donors (Lipinski definition) is 2. The van der Waals surface area contributed by atoms with Gasteiger partial charge in [0.15, 0.2) is 6.10 Å². The Morgan fingerprint density at radius 3 is 2.28 bits per heavy atom. The number of benzene rings is 2.